The van der Waals surface area contributed by atoms with Crippen molar-refractivity contribution in [1.82, 2.24) is 15.2 Å². The molecule has 5 nitrogen and oxygen atoms in total. The van der Waals surface area contributed by atoms with E-state index in [4.69, 9.17) is 4.42 Å². The molecule has 2 fully saturated rings. The standard InChI is InChI=1S/C23H23N3O2/c27-23(26-17-10-11-18(26)14-24-13-12-17)20-9-5-4-8-19(20)22-25-15-21(28-22)16-6-2-1-3-7-16/h1-9,15,17-18,24H,10-14H2. The van der Waals surface area contributed by atoms with E-state index in [2.05, 4.69) is 15.2 Å². The van der Waals surface area contributed by atoms with Crippen LogP contribution in [-0.2, 0) is 0 Å². The van der Waals surface area contributed by atoms with Crippen LogP contribution < -0.4 is 5.32 Å². The largest absolute Gasteiger partial charge is 0.436 e. The number of carbonyl (C=O) groups is 1. The van der Waals surface area contributed by atoms with Crippen molar-refractivity contribution in [1.29, 1.82) is 0 Å². The Bertz CT molecular complexity index is 968. The third-order valence-corrected chi connectivity index (χ3v) is 5.84. The highest BCUT2D eigenvalue weighted by atomic mass is 16.4. The number of nitrogens with one attached hydrogen (secondary N) is 1. The van der Waals surface area contributed by atoms with Gasteiger partial charge in [-0.3, -0.25) is 4.79 Å². The first kappa shape index (κ1) is 17.2. The molecule has 2 unspecified atom stereocenters. The van der Waals surface area contributed by atoms with E-state index in [0.717, 1.165) is 43.5 Å². The molecule has 2 aliphatic rings. The van der Waals surface area contributed by atoms with Crippen LogP contribution in [0.5, 0.6) is 0 Å². The van der Waals surface area contributed by atoms with E-state index < -0.39 is 0 Å². The third kappa shape index (κ3) is 3.02. The monoisotopic (exact) mass is 373 g/mol. The molecule has 2 bridgehead atoms. The van der Waals surface area contributed by atoms with Crippen molar-refractivity contribution in [2.45, 2.75) is 31.3 Å². The van der Waals surface area contributed by atoms with Crippen LogP contribution in [0, 0.1) is 0 Å². The van der Waals surface area contributed by atoms with Crippen LogP contribution in [0.1, 0.15) is 29.6 Å². The lowest BCUT2D eigenvalue weighted by molar-refractivity contribution is 0.0681. The summed E-state index contributed by atoms with van der Waals surface area (Å²) in [5.41, 5.74) is 2.40. The zero-order valence-electron chi connectivity index (χ0n) is 15.7. The summed E-state index contributed by atoms with van der Waals surface area (Å²) in [5.74, 6) is 1.28. The van der Waals surface area contributed by atoms with Crippen LogP contribution in [0.2, 0.25) is 0 Å². The molecule has 2 atom stereocenters. The average molecular weight is 373 g/mol. The van der Waals surface area contributed by atoms with Gasteiger partial charge in [-0.1, -0.05) is 42.5 Å². The fraction of sp³-hybridized carbons (Fsp3) is 0.304. The molecule has 0 aliphatic carbocycles. The summed E-state index contributed by atoms with van der Waals surface area (Å²) >= 11 is 0. The van der Waals surface area contributed by atoms with Gasteiger partial charge in [-0.25, -0.2) is 4.98 Å². The topological polar surface area (TPSA) is 58.4 Å². The second kappa shape index (κ2) is 7.24. The quantitative estimate of drug-likeness (QED) is 0.755. The zero-order chi connectivity index (χ0) is 18.9. The molecule has 1 amide bonds. The Labute approximate surface area is 164 Å². The van der Waals surface area contributed by atoms with E-state index in [1.165, 1.54) is 0 Å². The molecular weight excluding hydrogens is 350 g/mol. The fourth-order valence-corrected chi connectivity index (χ4v) is 4.44. The Morgan fingerprint density at radius 3 is 2.68 bits per heavy atom. The first-order chi connectivity index (χ1) is 13.8. The number of hydrogen-bond acceptors (Lipinski definition) is 4. The molecule has 2 aliphatic heterocycles. The summed E-state index contributed by atoms with van der Waals surface area (Å²) in [6.07, 6.45) is 4.91. The Hall–Kier alpha value is -2.92. The van der Waals surface area contributed by atoms with E-state index in [9.17, 15) is 4.79 Å². The molecule has 28 heavy (non-hydrogen) atoms. The molecule has 5 heteroatoms. The number of fused-ring (bicyclic) bond motifs is 2. The number of hydrogen-bond donors (Lipinski definition) is 1. The highest BCUT2D eigenvalue weighted by Gasteiger charge is 2.39. The van der Waals surface area contributed by atoms with Gasteiger partial charge in [0.05, 0.1) is 11.8 Å². The minimum atomic E-state index is 0.0891. The van der Waals surface area contributed by atoms with Gasteiger partial charge in [0.25, 0.3) is 5.91 Å². The van der Waals surface area contributed by atoms with Crippen LogP contribution in [0.15, 0.2) is 65.2 Å². The van der Waals surface area contributed by atoms with E-state index in [1.807, 2.05) is 54.6 Å². The summed E-state index contributed by atoms with van der Waals surface area (Å²) in [6, 6.07) is 18.1. The SMILES string of the molecule is O=C(c1ccccc1-c1ncc(-c2ccccc2)o1)N1C2CCNCC1CC2. The molecular formula is C23H23N3O2. The lowest BCUT2D eigenvalue weighted by Crippen LogP contribution is -2.42. The minimum absolute atomic E-state index is 0.0891. The number of oxazole rings is 1. The molecule has 0 spiro atoms. The van der Waals surface area contributed by atoms with Crippen LogP contribution in [0.4, 0.5) is 0 Å². The van der Waals surface area contributed by atoms with Gasteiger partial charge in [0.15, 0.2) is 5.76 Å². The lowest BCUT2D eigenvalue weighted by atomic mass is 10.0. The van der Waals surface area contributed by atoms with Crippen molar-refractivity contribution in [3.05, 3.63) is 66.4 Å². The maximum Gasteiger partial charge on any atom is 0.255 e. The van der Waals surface area contributed by atoms with Crippen molar-refractivity contribution in [3.63, 3.8) is 0 Å². The summed E-state index contributed by atoms with van der Waals surface area (Å²) in [4.78, 5) is 20.1. The second-order valence-electron chi connectivity index (χ2n) is 7.53. The Morgan fingerprint density at radius 1 is 1.00 bits per heavy atom. The van der Waals surface area contributed by atoms with Crippen LogP contribution in [0.25, 0.3) is 22.8 Å². The maximum absolute atomic E-state index is 13.5. The molecule has 2 aromatic carbocycles. The van der Waals surface area contributed by atoms with E-state index in [0.29, 0.717) is 23.3 Å². The summed E-state index contributed by atoms with van der Waals surface area (Å²) in [5, 5.41) is 3.46. The summed E-state index contributed by atoms with van der Waals surface area (Å²) < 4.78 is 6.03. The third-order valence-electron chi connectivity index (χ3n) is 5.84. The highest BCUT2D eigenvalue weighted by molar-refractivity contribution is 6.00. The highest BCUT2D eigenvalue weighted by Crippen LogP contribution is 2.33. The van der Waals surface area contributed by atoms with Crippen LogP contribution >= 0.6 is 0 Å². The normalized spacial score (nSPS) is 21.5. The van der Waals surface area contributed by atoms with Crippen molar-refractivity contribution >= 4 is 5.91 Å². The van der Waals surface area contributed by atoms with Gasteiger partial charge >= 0.3 is 0 Å². The van der Waals surface area contributed by atoms with E-state index in [-0.39, 0.29) is 11.9 Å². The first-order valence-electron chi connectivity index (χ1n) is 9.95. The smallest absolute Gasteiger partial charge is 0.255 e. The van der Waals surface area contributed by atoms with Crippen molar-refractivity contribution in [2.24, 2.45) is 0 Å². The van der Waals surface area contributed by atoms with Gasteiger partial charge < -0.3 is 14.6 Å². The Kier molecular flexibility index (Phi) is 4.45. The Morgan fingerprint density at radius 2 is 1.79 bits per heavy atom. The zero-order valence-corrected chi connectivity index (χ0v) is 15.7. The molecule has 2 saturated heterocycles. The number of amides is 1. The van der Waals surface area contributed by atoms with Gasteiger partial charge in [-0.2, -0.15) is 0 Å². The molecule has 5 rings (SSSR count). The second-order valence-corrected chi connectivity index (χ2v) is 7.53. The number of nitrogens with zero attached hydrogens (tertiary/aromatic N) is 2. The minimum Gasteiger partial charge on any atom is -0.436 e. The lowest BCUT2D eigenvalue weighted by Gasteiger charge is -2.28. The predicted octanol–water partition coefficient (Wildman–Crippen LogP) is 3.98. The van der Waals surface area contributed by atoms with Gasteiger partial charge in [0.2, 0.25) is 5.89 Å². The fourth-order valence-electron chi connectivity index (χ4n) is 4.44. The first-order valence-corrected chi connectivity index (χ1v) is 9.95. The number of benzene rings is 2. The number of carbonyl (C=O) groups excluding carboxylic acids is 1. The Balaban J connectivity index is 1.50. The van der Waals surface area contributed by atoms with Gasteiger partial charge in [-0.05, 0) is 37.9 Å². The predicted molar refractivity (Wildman–Crippen MR) is 108 cm³/mol. The van der Waals surface area contributed by atoms with Crippen molar-refractivity contribution in [3.8, 4) is 22.8 Å². The van der Waals surface area contributed by atoms with E-state index >= 15 is 0 Å². The molecule has 3 aromatic rings. The summed E-state index contributed by atoms with van der Waals surface area (Å²) in [6.45, 7) is 1.86. The molecule has 0 saturated carbocycles. The molecule has 3 heterocycles. The van der Waals surface area contributed by atoms with Gasteiger partial charge in [0.1, 0.15) is 0 Å². The summed E-state index contributed by atoms with van der Waals surface area (Å²) in [7, 11) is 0. The van der Waals surface area contributed by atoms with Crippen LogP contribution in [0.3, 0.4) is 0 Å². The van der Waals surface area contributed by atoms with Crippen LogP contribution in [-0.4, -0.2) is 41.0 Å². The average Bonchev–Trinajstić information content (AvgIpc) is 3.32. The maximum atomic E-state index is 13.5. The van der Waals surface area contributed by atoms with E-state index in [1.54, 1.807) is 6.20 Å². The molecule has 1 N–H and O–H groups in total. The molecule has 142 valence electrons. The molecule has 0 radical (unpaired) electrons. The van der Waals surface area contributed by atoms with Gasteiger partial charge in [-0.15, -0.1) is 0 Å². The number of rotatable bonds is 3. The number of aromatic nitrogens is 1. The van der Waals surface area contributed by atoms with Gasteiger partial charge in [0, 0.05) is 29.8 Å². The van der Waals surface area contributed by atoms with Crippen molar-refractivity contribution in [2.75, 3.05) is 13.1 Å². The van der Waals surface area contributed by atoms with Crippen molar-refractivity contribution < 1.29 is 9.21 Å². The molecule has 1 aromatic heterocycles.